The second-order valence-electron chi connectivity index (χ2n) is 3.22. The molecule has 1 rings (SSSR count). The molecule has 0 saturated heterocycles. The molecule has 1 N–H and O–H groups in total. The molecule has 0 spiro atoms. The van der Waals surface area contributed by atoms with Gasteiger partial charge in [0.1, 0.15) is 10.8 Å². The smallest absolute Gasteiger partial charge is 0.275 e. The van der Waals surface area contributed by atoms with Crippen LogP contribution in [0.1, 0.15) is 13.8 Å². The summed E-state index contributed by atoms with van der Waals surface area (Å²) in [6.45, 7) is 4.04. The van der Waals surface area contributed by atoms with Gasteiger partial charge in [-0.15, -0.1) is 11.8 Å². The lowest BCUT2D eigenvalue weighted by molar-refractivity contribution is -0.385. The summed E-state index contributed by atoms with van der Waals surface area (Å²) in [5.41, 5.74) is 0.0671. The molecule has 0 radical (unpaired) electrons. The van der Waals surface area contributed by atoms with Crippen molar-refractivity contribution in [2.75, 3.05) is 12.4 Å². The lowest BCUT2D eigenvalue weighted by Crippen LogP contribution is -1.98. The number of nitrogens with zero attached hydrogens (tertiary/aromatic N) is 2. The lowest BCUT2D eigenvalue weighted by Gasteiger charge is -2.06. The van der Waals surface area contributed by atoms with Crippen molar-refractivity contribution < 1.29 is 4.92 Å². The maximum absolute atomic E-state index is 10.6. The molecule has 5 nitrogen and oxygen atoms in total. The summed E-state index contributed by atoms with van der Waals surface area (Å²) in [5.74, 6) is 0.521. The van der Waals surface area contributed by atoms with Gasteiger partial charge in [-0.25, -0.2) is 4.98 Å². The first-order valence-electron chi connectivity index (χ1n) is 4.54. The van der Waals surface area contributed by atoms with Gasteiger partial charge in [-0.1, -0.05) is 13.8 Å². The van der Waals surface area contributed by atoms with E-state index in [0.29, 0.717) is 16.1 Å². The van der Waals surface area contributed by atoms with Crippen LogP contribution in [0.5, 0.6) is 0 Å². The predicted octanol–water partition coefficient (Wildman–Crippen LogP) is 2.53. The Kier molecular flexibility index (Phi) is 3.90. The van der Waals surface area contributed by atoms with Gasteiger partial charge < -0.3 is 5.32 Å². The molecule has 0 atom stereocenters. The van der Waals surface area contributed by atoms with Crippen LogP contribution in [0.3, 0.4) is 0 Å². The van der Waals surface area contributed by atoms with Crippen molar-refractivity contribution in [1.29, 1.82) is 0 Å². The second kappa shape index (κ2) is 4.97. The fourth-order valence-electron chi connectivity index (χ4n) is 1.03. The highest BCUT2D eigenvalue weighted by Crippen LogP contribution is 2.26. The zero-order valence-corrected chi connectivity index (χ0v) is 9.67. The molecule has 6 heteroatoms. The standard InChI is InChI=1S/C9H13N3O2S/c1-6(2)15-9-5-7(12(13)14)4-8(10-3)11-9/h4-6H,1-3H3,(H,10,11). The highest BCUT2D eigenvalue weighted by Gasteiger charge is 2.11. The first kappa shape index (κ1) is 11.8. The molecule has 82 valence electrons. The van der Waals surface area contributed by atoms with Crippen molar-refractivity contribution in [3.05, 3.63) is 22.2 Å². The van der Waals surface area contributed by atoms with Gasteiger partial charge in [0.15, 0.2) is 0 Å². The zero-order chi connectivity index (χ0) is 11.4. The molecule has 0 amide bonds. The number of anilines is 1. The Bertz CT molecular complexity index is 368. The number of hydrogen-bond acceptors (Lipinski definition) is 5. The minimum atomic E-state index is -0.410. The Morgan fingerprint density at radius 1 is 1.53 bits per heavy atom. The van der Waals surface area contributed by atoms with E-state index in [1.54, 1.807) is 7.05 Å². The van der Waals surface area contributed by atoms with Gasteiger partial charge in [0.2, 0.25) is 0 Å². The van der Waals surface area contributed by atoms with Crippen molar-refractivity contribution in [2.45, 2.75) is 24.1 Å². The van der Waals surface area contributed by atoms with E-state index < -0.39 is 4.92 Å². The zero-order valence-electron chi connectivity index (χ0n) is 8.85. The van der Waals surface area contributed by atoms with E-state index in [4.69, 9.17) is 0 Å². The van der Waals surface area contributed by atoms with Crippen molar-refractivity contribution in [3.63, 3.8) is 0 Å². The van der Waals surface area contributed by atoms with Crippen molar-refractivity contribution in [3.8, 4) is 0 Å². The Morgan fingerprint density at radius 3 is 2.67 bits per heavy atom. The van der Waals surface area contributed by atoms with E-state index in [-0.39, 0.29) is 5.69 Å². The predicted molar refractivity (Wildman–Crippen MR) is 61.4 cm³/mol. The summed E-state index contributed by atoms with van der Waals surface area (Å²) in [4.78, 5) is 14.5. The van der Waals surface area contributed by atoms with Crippen molar-refractivity contribution in [2.24, 2.45) is 0 Å². The van der Waals surface area contributed by atoms with Crippen LogP contribution in [0, 0.1) is 10.1 Å². The highest BCUT2D eigenvalue weighted by atomic mass is 32.2. The fraction of sp³-hybridized carbons (Fsp3) is 0.444. The summed E-state index contributed by atoms with van der Waals surface area (Å²) in [6, 6.07) is 2.91. The quantitative estimate of drug-likeness (QED) is 0.486. The van der Waals surface area contributed by atoms with E-state index in [0.717, 1.165) is 0 Å². The molecule has 0 unspecified atom stereocenters. The van der Waals surface area contributed by atoms with Crippen LogP contribution < -0.4 is 5.32 Å². The van der Waals surface area contributed by atoms with Crippen LogP contribution in [0.2, 0.25) is 0 Å². The Morgan fingerprint density at radius 2 is 2.20 bits per heavy atom. The molecule has 0 aliphatic heterocycles. The molecule has 0 fully saturated rings. The van der Waals surface area contributed by atoms with E-state index in [1.807, 2.05) is 13.8 Å². The maximum atomic E-state index is 10.6. The van der Waals surface area contributed by atoms with Gasteiger partial charge in [0.05, 0.1) is 11.0 Å². The first-order valence-corrected chi connectivity index (χ1v) is 5.41. The monoisotopic (exact) mass is 227 g/mol. The minimum absolute atomic E-state index is 0.0671. The molecule has 1 aromatic heterocycles. The molecule has 1 heterocycles. The van der Waals surface area contributed by atoms with Crippen LogP contribution >= 0.6 is 11.8 Å². The highest BCUT2D eigenvalue weighted by molar-refractivity contribution is 7.99. The molecule has 0 aromatic carbocycles. The van der Waals surface area contributed by atoms with Gasteiger partial charge in [0, 0.05) is 18.4 Å². The van der Waals surface area contributed by atoms with E-state index in [2.05, 4.69) is 10.3 Å². The minimum Gasteiger partial charge on any atom is -0.373 e. The third kappa shape index (κ3) is 3.39. The van der Waals surface area contributed by atoms with Crippen LogP contribution in [-0.2, 0) is 0 Å². The molecular formula is C9H13N3O2S. The van der Waals surface area contributed by atoms with Gasteiger partial charge in [-0.05, 0) is 0 Å². The Balaban J connectivity index is 3.05. The van der Waals surface area contributed by atoms with E-state index in [9.17, 15) is 10.1 Å². The molecule has 0 bridgehead atoms. The molecule has 1 aromatic rings. The SMILES string of the molecule is CNc1cc([N+](=O)[O-])cc(SC(C)C)n1. The number of nitro groups is 1. The number of aromatic nitrogens is 1. The summed E-state index contributed by atoms with van der Waals surface area (Å²) >= 11 is 1.50. The summed E-state index contributed by atoms with van der Waals surface area (Å²) in [5, 5.41) is 14.5. The summed E-state index contributed by atoms with van der Waals surface area (Å²) in [6.07, 6.45) is 0. The third-order valence-corrected chi connectivity index (χ3v) is 2.53. The normalized spacial score (nSPS) is 10.4. The summed E-state index contributed by atoms with van der Waals surface area (Å²) < 4.78 is 0. The van der Waals surface area contributed by atoms with Crippen LogP contribution in [0.4, 0.5) is 11.5 Å². The second-order valence-corrected chi connectivity index (χ2v) is 4.82. The van der Waals surface area contributed by atoms with E-state index in [1.165, 1.54) is 23.9 Å². The van der Waals surface area contributed by atoms with Crippen LogP contribution in [-0.4, -0.2) is 22.2 Å². The number of hydrogen-bond donors (Lipinski definition) is 1. The van der Waals surface area contributed by atoms with Crippen LogP contribution in [0.25, 0.3) is 0 Å². The van der Waals surface area contributed by atoms with Crippen molar-refractivity contribution >= 4 is 23.3 Å². The Hall–Kier alpha value is -1.30. The topological polar surface area (TPSA) is 68.1 Å². The van der Waals surface area contributed by atoms with Crippen LogP contribution in [0.15, 0.2) is 17.2 Å². The van der Waals surface area contributed by atoms with Gasteiger partial charge in [-0.3, -0.25) is 10.1 Å². The van der Waals surface area contributed by atoms with Gasteiger partial charge in [-0.2, -0.15) is 0 Å². The molecule has 15 heavy (non-hydrogen) atoms. The lowest BCUT2D eigenvalue weighted by atomic mass is 10.4. The summed E-state index contributed by atoms with van der Waals surface area (Å²) in [7, 11) is 1.69. The number of nitrogens with one attached hydrogen (secondary N) is 1. The number of pyridine rings is 1. The third-order valence-electron chi connectivity index (χ3n) is 1.61. The number of rotatable bonds is 4. The van der Waals surface area contributed by atoms with Gasteiger partial charge in [0.25, 0.3) is 5.69 Å². The van der Waals surface area contributed by atoms with Crippen molar-refractivity contribution in [1.82, 2.24) is 4.98 Å². The van der Waals surface area contributed by atoms with Gasteiger partial charge >= 0.3 is 0 Å². The fourth-order valence-corrected chi connectivity index (χ4v) is 1.85. The largest absolute Gasteiger partial charge is 0.373 e. The van der Waals surface area contributed by atoms with E-state index >= 15 is 0 Å². The molecular weight excluding hydrogens is 214 g/mol. The molecule has 0 aliphatic rings. The average molecular weight is 227 g/mol. The molecule has 0 saturated carbocycles. The maximum Gasteiger partial charge on any atom is 0.275 e. The first-order chi connectivity index (χ1) is 7.02. The number of thioether (sulfide) groups is 1. The average Bonchev–Trinajstić information content (AvgIpc) is 2.16. The Labute approximate surface area is 92.4 Å². The molecule has 0 aliphatic carbocycles.